The van der Waals surface area contributed by atoms with Crippen LogP contribution in [0.5, 0.6) is 0 Å². The molecule has 1 aliphatic rings. The summed E-state index contributed by atoms with van der Waals surface area (Å²) in [6.45, 7) is 1.93. The summed E-state index contributed by atoms with van der Waals surface area (Å²) in [6.07, 6.45) is 2.79. The van der Waals surface area contributed by atoms with Crippen molar-refractivity contribution in [1.82, 2.24) is 0 Å². The van der Waals surface area contributed by atoms with E-state index < -0.39 is 5.60 Å². The lowest BCUT2D eigenvalue weighted by Crippen LogP contribution is -2.17. The Labute approximate surface area is 55.5 Å². The predicted molar refractivity (Wildman–Crippen MR) is 35.1 cm³/mol. The van der Waals surface area contributed by atoms with Gasteiger partial charge in [-0.1, -0.05) is 6.92 Å². The lowest BCUT2D eigenvalue weighted by Gasteiger charge is -2.11. The number of aliphatic hydroxyl groups is 2. The van der Waals surface area contributed by atoms with Crippen LogP contribution in [0.4, 0.5) is 0 Å². The van der Waals surface area contributed by atoms with Crippen LogP contribution in [-0.4, -0.2) is 21.9 Å². The molecule has 1 aliphatic carbocycles. The van der Waals surface area contributed by atoms with E-state index in [1.807, 2.05) is 6.92 Å². The molecule has 9 heavy (non-hydrogen) atoms. The third kappa shape index (κ3) is 1.95. The molecule has 0 aromatic rings. The SMILES string of the molecule is CC[C@H](O)CC1(O)CC1. The Kier molecular flexibility index (Phi) is 1.78. The van der Waals surface area contributed by atoms with E-state index in [1.165, 1.54) is 0 Å². The summed E-state index contributed by atoms with van der Waals surface area (Å²) < 4.78 is 0. The lowest BCUT2D eigenvalue weighted by atomic mass is 10.1. The van der Waals surface area contributed by atoms with E-state index in [9.17, 15) is 5.11 Å². The lowest BCUT2D eigenvalue weighted by molar-refractivity contribution is 0.0628. The van der Waals surface area contributed by atoms with Gasteiger partial charge in [0.15, 0.2) is 0 Å². The predicted octanol–water partition coefficient (Wildman–Crippen LogP) is 0.672. The highest BCUT2D eigenvalue weighted by Gasteiger charge is 2.41. The summed E-state index contributed by atoms with van der Waals surface area (Å²) in [5.74, 6) is 0. The third-order valence-electron chi connectivity index (χ3n) is 1.91. The van der Waals surface area contributed by atoms with Crippen LogP contribution in [0.1, 0.15) is 32.6 Å². The summed E-state index contributed by atoms with van der Waals surface area (Å²) in [5.41, 5.74) is -0.477. The first-order valence-electron chi connectivity index (χ1n) is 3.57. The van der Waals surface area contributed by atoms with Gasteiger partial charge < -0.3 is 10.2 Å². The maximum atomic E-state index is 9.27. The molecule has 2 nitrogen and oxygen atoms in total. The standard InChI is InChI=1S/C7H14O2/c1-2-6(8)5-7(9)3-4-7/h6,8-9H,2-5H2,1H3/t6-/m0/s1. The topological polar surface area (TPSA) is 40.5 Å². The average Bonchev–Trinajstić information content (AvgIpc) is 2.48. The molecule has 0 saturated heterocycles. The molecule has 0 aromatic carbocycles. The van der Waals surface area contributed by atoms with Crippen molar-refractivity contribution in [3.05, 3.63) is 0 Å². The molecule has 1 atom stereocenters. The molecule has 0 aliphatic heterocycles. The Hall–Kier alpha value is -0.0800. The summed E-state index contributed by atoms with van der Waals surface area (Å²) in [6, 6.07) is 0. The van der Waals surface area contributed by atoms with E-state index in [1.54, 1.807) is 0 Å². The Bertz CT molecular complexity index is 97.1. The number of hydrogen-bond donors (Lipinski definition) is 2. The molecule has 1 fully saturated rings. The monoisotopic (exact) mass is 130 g/mol. The molecule has 2 N–H and O–H groups in total. The van der Waals surface area contributed by atoms with Crippen molar-refractivity contribution >= 4 is 0 Å². The summed E-state index contributed by atoms with van der Waals surface area (Å²) in [7, 11) is 0. The molecule has 54 valence electrons. The van der Waals surface area contributed by atoms with Gasteiger partial charge in [0.25, 0.3) is 0 Å². The van der Waals surface area contributed by atoms with E-state index >= 15 is 0 Å². The highest BCUT2D eigenvalue weighted by atomic mass is 16.3. The second-order valence-electron chi connectivity index (χ2n) is 2.99. The van der Waals surface area contributed by atoms with E-state index in [2.05, 4.69) is 0 Å². The molecule has 0 unspecified atom stereocenters. The minimum Gasteiger partial charge on any atom is -0.393 e. The van der Waals surface area contributed by atoms with Gasteiger partial charge in [-0.2, -0.15) is 0 Å². The summed E-state index contributed by atoms with van der Waals surface area (Å²) in [5, 5.41) is 18.3. The van der Waals surface area contributed by atoms with E-state index in [0.717, 1.165) is 19.3 Å². The smallest absolute Gasteiger partial charge is 0.0674 e. The van der Waals surface area contributed by atoms with Crippen molar-refractivity contribution in [1.29, 1.82) is 0 Å². The van der Waals surface area contributed by atoms with Crippen molar-refractivity contribution < 1.29 is 10.2 Å². The summed E-state index contributed by atoms with van der Waals surface area (Å²) >= 11 is 0. The van der Waals surface area contributed by atoms with Gasteiger partial charge in [-0.05, 0) is 19.3 Å². The van der Waals surface area contributed by atoms with Crippen LogP contribution in [0.15, 0.2) is 0 Å². The van der Waals surface area contributed by atoms with Gasteiger partial charge in [0.1, 0.15) is 0 Å². The molecule has 0 bridgehead atoms. The fourth-order valence-corrected chi connectivity index (χ4v) is 0.931. The highest BCUT2D eigenvalue weighted by Crippen LogP contribution is 2.39. The van der Waals surface area contributed by atoms with Crippen LogP contribution in [0.3, 0.4) is 0 Å². The zero-order valence-electron chi connectivity index (χ0n) is 5.80. The Morgan fingerprint density at radius 2 is 2.11 bits per heavy atom. The minimum atomic E-state index is -0.477. The first-order chi connectivity index (χ1) is 4.16. The second kappa shape index (κ2) is 2.27. The molecular formula is C7H14O2. The van der Waals surface area contributed by atoms with Crippen molar-refractivity contribution in [2.24, 2.45) is 0 Å². The van der Waals surface area contributed by atoms with Gasteiger partial charge in [0.2, 0.25) is 0 Å². The molecule has 2 heteroatoms. The quantitative estimate of drug-likeness (QED) is 0.589. The Morgan fingerprint density at radius 3 is 2.44 bits per heavy atom. The van der Waals surface area contributed by atoms with Crippen LogP contribution in [0, 0.1) is 0 Å². The zero-order chi connectivity index (χ0) is 6.91. The fourth-order valence-electron chi connectivity index (χ4n) is 0.931. The zero-order valence-corrected chi connectivity index (χ0v) is 5.80. The van der Waals surface area contributed by atoms with Crippen molar-refractivity contribution in [3.8, 4) is 0 Å². The molecule has 1 saturated carbocycles. The molecule has 0 radical (unpaired) electrons. The maximum Gasteiger partial charge on any atom is 0.0674 e. The largest absolute Gasteiger partial charge is 0.393 e. The molecular weight excluding hydrogens is 116 g/mol. The maximum absolute atomic E-state index is 9.27. The van der Waals surface area contributed by atoms with Gasteiger partial charge >= 0.3 is 0 Å². The van der Waals surface area contributed by atoms with Crippen LogP contribution in [0.25, 0.3) is 0 Å². The van der Waals surface area contributed by atoms with Crippen molar-refractivity contribution in [3.63, 3.8) is 0 Å². The second-order valence-corrected chi connectivity index (χ2v) is 2.99. The first kappa shape index (κ1) is 7.03. The molecule has 1 rings (SSSR count). The molecule has 0 heterocycles. The third-order valence-corrected chi connectivity index (χ3v) is 1.91. The first-order valence-corrected chi connectivity index (χ1v) is 3.57. The highest BCUT2D eigenvalue weighted by molar-refractivity contribution is 4.94. The average molecular weight is 130 g/mol. The minimum absolute atomic E-state index is 0.294. The van der Waals surface area contributed by atoms with Gasteiger partial charge in [-0.25, -0.2) is 0 Å². The van der Waals surface area contributed by atoms with Gasteiger partial charge in [0, 0.05) is 6.42 Å². The molecule has 0 aromatic heterocycles. The van der Waals surface area contributed by atoms with Crippen molar-refractivity contribution in [2.75, 3.05) is 0 Å². The van der Waals surface area contributed by atoms with E-state index in [0.29, 0.717) is 6.42 Å². The van der Waals surface area contributed by atoms with Gasteiger partial charge in [-0.3, -0.25) is 0 Å². The van der Waals surface area contributed by atoms with Crippen LogP contribution in [0.2, 0.25) is 0 Å². The van der Waals surface area contributed by atoms with Gasteiger partial charge in [-0.15, -0.1) is 0 Å². The van der Waals surface area contributed by atoms with Crippen LogP contribution >= 0.6 is 0 Å². The number of hydrogen-bond acceptors (Lipinski definition) is 2. The van der Waals surface area contributed by atoms with Gasteiger partial charge in [0.05, 0.1) is 11.7 Å². The normalized spacial score (nSPS) is 25.7. The van der Waals surface area contributed by atoms with E-state index in [-0.39, 0.29) is 6.10 Å². The molecule has 0 spiro atoms. The van der Waals surface area contributed by atoms with E-state index in [4.69, 9.17) is 5.11 Å². The van der Waals surface area contributed by atoms with Crippen LogP contribution in [-0.2, 0) is 0 Å². The molecule has 0 amide bonds. The Morgan fingerprint density at radius 1 is 1.56 bits per heavy atom. The Balaban J connectivity index is 2.17. The summed E-state index contributed by atoms with van der Waals surface area (Å²) in [4.78, 5) is 0. The number of rotatable bonds is 3. The number of aliphatic hydroxyl groups excluding tert-OH is 1. The van der Waals surface area contributed by atoms with Crippen molar-refractivity contribution in [2.45, 2.75) is 44.3 Å². The van der Waals surface area contributed by atoms with Crippen LogP contribution < -0.4 is 0 Å². The fraction of sp³-hybridized carbons (Fsp3) is 1.00.